The summed E-state index contributed by atoms with van der Waals surface area (Å²) in [5.74, 6) is 0.782. The van der Waals surface area contributed by atoms with Gasteiger partial charge in [-0.05, 0) is 12.3 Å². The van der Waals surface area contributed by atoms with E-state index in [9.17, 15) is 0 Å². The lowest BCUT2D eigenvalue weighted by atomic mass is 10.1. The van der Waals surface area contributed by atoms with Crippen molar-refractivity contribution in [2.24, 2.45) is 5.92 Å². The fourth-order valence-corrected chi connectivity index (χ4v) is 1.76. The first-order chi connectivity index (χ1) is 7.35. The zero-order chi connectivity index (χ0) is 11.4. The molecule has 0 aromatic carbocycles. The van der Waals surface area contributed by atoms with Gasteiger partial charge in [-0.3, -0.25) is 0 Å². The molecule has 0 atom stereocenters. The Kier molecular flexibility index (Phi) is 12.0. The smallest absolute Gasteiger partial charge is 0.0494 e. The van der Waals surface area contributed by atoms with Gasteiger partial charge in [-0.1, -0.05) is 65.7 Å². The molecule has 0 aromatic heterocycles. The van der Waals surface area contributed by atoms with Gasteiger partial charge >= 0.3 is 0 Å². The molecule has 0 aliphatic carbocycles. The van der Waals surface area contributed by atoms with Crippen LogP contribution in [-0.2, 0) is 4.74 Å². The van der Waals surface area contributed by atoms with Crippen molar-refractivity contribution in [1.82, 2.24) is 0 Å². The maximum Gasteiger partial charge on any atom is 0.0494 e. The summed E-state index contributed by atoms with van der Waals surface area (Å²) in [7, 11) is 0. The first kappa shape index (κ1) is 15.0. The predicted octanol–water partition coefficient (Wildman–Crippen LogP) is 4.80. The average Bonchev–Trinajstić information content (AvgIpc) is 2.27. The van der Waals surface area contributed by atoms with Gasteiger partial charge in [-0.15, -0.1) is 0 Å². The van der Waals surface area contributed by atoms with Crippen molar-refractivity contribution in [3.8, 4) is 0 Å². The Hall–Kier alpha value is -0.0400. The van der Waals surface area contributed by atoms with Crippen molar-refractivity contribution < 1.29 is 4.74 Å². The van der Waals surface area contributed by atoms with E-state index in [0.717, 1.165) is 19.1 Å². The Bertz CT molecular complexity index is 108. The highest BCUT2D eigenvalue weighted by Crippen LogP contribution is 2.09. The van der Waals surface area contributed by atoms with Crippen LogP contribution in [0.15, 0.2) is 0 Å². The molecule has 0 bridgehead atoms. The molecule has 0 heterocycles. The van der Waals surface area contributed by atoms with Crippen LogP contribution in [-0.4, -0.2) is 13.2 Å². The summed E-state index contributed by atoms with van der Waals surface area (Å²) in [6.45, 7) is 8.72. The SMILES string of the molecule is CCCCCCCCOCC(CC)CC. The molecule has 0 saturated heterocycles. The maximum atomic E-state index is 5.68. The number of unbranched alkanes of at least 4 members (excludes halogenated alkanes) is 5. The van der Waals surface area contributed by atoms with E-state index in [2.05, 4.69) is 20.8 Å². The highest BCUT2D eigenvalue weighted by atomic mass is 16.5. The zero-order valence-corrected chi connectivity index (χ0v) is 11.1. The minimum atomic E-state index is 0.782. The van der Waals surface area contributed by atoms with Crippen LogP contribution in [0.2, 0.25) is 0 Å². The summed E-state index contributed by atoms with van der Waals surface area (Å²) < 4.78 is 5.68. The van der Waals surface area contributed by atoms with E-state index in [1.54, 1.807) is 0 Å². The fourth-order valence-electron chi connectivity index (χ4n) is 1.76. The van der Waals surface area contributed by atoms with Gasteiger partial charge in [-0.2, -0.15) is 0 Å². The third-order valence-electron chi connectivity index (χ3n) is 3.15. The quantitative estimate of drug-likeness (QED) is 0.449. The van der Waals surface area contributed by atoms with Crippen molar-refractivity contribution in [3.05, 3.63) is 0 Å². The lowest BCUT2D eigenvalue weighted by molar-refractivity contribution is 0.0932. The second-order valence-corrected chi connectivity index (χ2v) is 4.53. The normalized spacial score (nSPS) is 11.2. The van der Waals surface area contributed by atoms with Gasteiger partial charge in [0.25, 0.3) is 0 Å². The lowest BCUT2D eigenvalue weighted by Gasteiger charge is -2.12. The second kappa shape index (κ2) is 12.0. The molecule has 0 aliphatic heterocycles. The van der Waals surface area contributed by atoms with E-state index in [-0.39, 0.29) is 0 Å². The Morgan fingerprint density at radius 3 is 2.00 bits per heavy atom. The standard InChI is InChI=1S/C14H30O/c1-4-7-8-9-10-11-12-15-13-14(5-2)6-3/h14H,4-13H2,1-3H3. The molecule has 0 unspecified atom stereocenters. The van der Waals surface area contributed by atoms with Crippen LogP contribution in [0, 0.1) is 5.92 Å². The molecule has 0 aromatic rings. The molecule has 0 spiro atoms. The lowest BCUT2D eigenvalue weighted by Crippen LogP contribution is -2.08. The summed E-state index contributed by atoms with van der Waals surface area (Å²) in [5, 5.41) is 0. The van der Waals surface area contributed by atoms with Gasteiger partial charge in [0.15, 0.2) is 0 Å². The van der Waals surface area contributed by atoms with Crippen molar-refractivity contribution in [2.45, 2.75) is 72.1 Å². The number of ether oxygens (including phenoxy) is 1. The van der Waals surface area contributed by atoms with Gasteiger partial charge in [-0.25, -0.2) is 0 Å². The van der Waals surface area contributed by atoms with Gasteiger partial charge in [0.2, 0.25) is 0 Å². The Morgan fingerprint density at radius 2 is 1.40 bits per heavy atom. The van der Waals surface area contributed by atoms with Crippen LogP contribution in [0.1, 0.15) is 72.1 Å². The van der Waals surface area contributed by atoms with E-state index >= 15 is 0 Å². The van der Waals surface area contributed by atoms with Crippen LogP contribution in [0.4, 0.5) is 0 Å². The number of hydrogen-bond acceptors (Lipinski definition) is 1. The van der Waals surface area contributed by atoms with Crippen molar-refractivity contribution in [1.29, 1.82) is 0 Å². The molecule has 15 heavy (non-hydrogen) atoms. The molecule has 0 N–H and O–H groups in total. The zero-order valence-electron chi connectivity index (χ0n) is 11.1. The highest BCUT2D eigenvalue weighted by Gasteiger charge is 2.02. The highest BCUT2D eigenvalue weighted by molar-refractivity contribution is 4.52. The van der Waals surface area contributed by atoms with Crippen LogP contribution in [0.5, 0.6) is 0 Å². The molecule has 1 heteroatoms. The largest absolute Gasteiger partial charge is 0.381 e. The molecular weight excluding hydrogens is 184 g/mol. The minimum Gasteiger partial charge on any atom is -0.381 e. The molecule has 0 rings (SSSR count). The summed E-state index contributed by atoms with van der Waals surface area (Å²) >= 11 is 0. The first-order valence-electron chi connectivity index (χ1n) is 6.92. The molecular formula is C14H30O. The molecule has 0 amide bonds. The molecule has 0 fully saturated rings. The van der Waals surface area contributed by atoms with Crippen LogP contribution in [0.3, 0.4) is 0 Å². The fraction of sp³-hybridized carbons (Fsp3) is 1.00. The summed E-state index contributed by atoms with van der Waals surface area (Å²) in [6.07, 6.45) is 10.7. The summed E-state index contributed by atoms with van der Waals surface area (Å²) in [4.78, 5) is 0. The van der Waals surface area contributed by atoms with E-state index in [4.69, 9.17) is 4.74 Å². The topological polar surface area (TPSA) is 9.23 Å². The molecule has 92 valence electrons. The number of hydrogen-bond donors (Lipinski definition) is 0. The predicted molar refractivity (Wildman–Crippen MR) is 68.3 cm³/mol. The molecule has 0 saturated carbocycles. The Morgan fingerprint density at radius 1 is 0.800 bits per heavy atom. The summed E-state index contributed by atoms with van der Waals surface area (Å²) in [6, 6.07) is 0. The van der Waals surface area contributed by atoms with Crippen LogP contribution >= 0.6 is 0 Å². The van der Waals surface area contributed by atoms with Crippen LogP contribution in [0.25, 0.3) is 0 Å². The van der Waals surface area contributed by atoms with Crippen molar-refractivity contribution in [3.63, 3.8) is 0 Å². The van der Waals surface area contributed by atoms with Gasteiger partial charge in [0.1, 0.15) is 0 Å². The monoisotopic (exact) mass is 214 g/mol. The van der Waals surface area contributed by atoms with E-state index < -0.39 is 0 Å². The average molecular weight is 214 g/mol. The van der Waals surface area contributed by atoms with E-state index in [1.807, 2.05) is 0 Å². The van der Waals surface area contributed by atoms with Crippen LogP contribution < -0.4 is 0 Å². The molecule has 0 radical (unpaired) electrons. The minimum absolute atomic E-state index is 0.782. The van der Waals surface area contributed by atoms with Crippen molar-refractivity contribution in [2.75, 3.05) is 13.2 Å². The molecule has 1 nitrogen and oxygen atoms in total. The van der Waals surface area contributed by atoms with E-state index in [1.165, 1.54) is 51.4 Å². The Balaban J connectivity index is 3.04. The summed E-state index contributed by atoms with van der Waals surface area (Å²) in [5.41, 5.74) is 0. The van der Waals surface area contributed by atoms with Gasteiger partial charge in [0, 0.05) is 13.2 Å². The second-order valence-electron chi connectivity index (χ2n) is 4.53. The van der Waals surface area contributed by atoms with Crippen molar-refractivity contribution >= 4 is 0 Å². The maximum absolute atomic E-state index is 5.68. The third kappa shape index (κ3) is 10.2. The third-order valence-corrected chi connectivity index (χ3v) is 3.15. The van der Waals surface area contributed by atoms with Gasteiger partial charge in [0.05, 0.1) is 0 Å². The Labute approximate surface area is 96.6 Å². The first-order valence-corrected chi connectivity index (χ1v) is 6.92. The number of rotatable bonds is 11. The molecule has 0 aliphatic rings. The van der Waals surface area contributed by atoms with E-state index in [0.29, 0.717) is 0 Å². The van der Waals surface area contributed by atoms with Gasteiger partial charge < -0.3 is 4.74 Å².